The van der Waals surface area contributed by atoms with Crippen molar-refractivity contribution in [2.24, 2.45) is 17.3 Å². The maximum Gasteiger partial charge on any atom is 0.471 e. The molecule has 4 atom stereocenters. The van der Waals surface area contributed by atoms with Crippen LogP contribution in [0.15, 0.2) is 43.0 Å². The molecule has 1 aliphatic heterocycles. The normalized spacial score (nSPS) is 21.9. The highest BCUT2D eigenvalue weighted by atomic mass is 19.4. The zero-order chi connectivity index (χ0) is 30.5. The number of benzene rings is 1. The second kappa shape index (κ2) is 12.7. The van der Waals surface area contributed by atoms with Gasteiger partial charge in [0.1, 0.15) is 18.1 Å². The van der Waals surface area contributed by atoms with Gasteiger partial charge in [0.05, 0.1) is 11.5 Å². The van der Waals surface area contributed by atoms with Crippen molar-refractivity contribution in [1.82, 2.24) is 15.1 Å². The molecule has 1 saturated heterocycles. The second-order valence-electron chi connectivity index (χ2n) is 11.3. The van der Waals surface area contributed by atoms with Crippen LogP contribution >= 0.6 is 0 Å². The number of alkyl halides is 3. The summed E-state index contributed by atoms with van der Waals surface area (Å²) < 4.78 is 39.0. The Morgan fingerprint density at radius 1 is 1.22 bits per heavy atom. The van der Waals surface area contributed by atoms with Gasteiger partial charge in [-0.05, 0) is 36.8 Å². The Hall–Kier alpha value is -3.88. The number of nitrogens with zero attached hydrogens (tertiary/aromatic N) is 3. The van der Waals surface area contributed by atoms with Crippen molar-refractivity contribution in [3.8, 4) is 6.07 Å². The number of para-hydroxylation sites is 1. The van der Waals surface area contributed by atoms with Gasteiger partial charge in [-0.15, -0.1) is 6.58 Å². The lowest BCUT2D eigenvalue weighted by Gasteiger charge is -2.35. The van der Waals surface area contributed by atoms with E-state index in [9.17, 15) is 37.6 Å². The van der Waals surface area contributed by atoms with Crippen LogP contribution in [0.25, 0.3) is 0 Å². The molecule has 222 valence electrons. The van der Waals surface area contributed by atoms with Crippen molar-refractivity contribution in [2.45, 2.75) is 70.3 Å². The first kappa shape index (κ1) is 31.6. The van der Waals surface area contributed by atoms with E-state index in [1.807, 2.05) is 19.2 Å². The summed E-state index contributed by atoms with van der Waals surface area (Å²) in [6, 6.07) is 7.14. The van der Waals surface area contributed by atoms with Crippen LogP contribution in [0.2, 0.25) is 0 Å². The minimum atomic E-state index is -5.17. The van der Waals surface area contributed by atoms with Gasteiger partial charge in [-0.2, -0.15) is 18.4 Å². The third kappa shape index (κ3) is 7.65. The number of halogens is 3. The van der Waals surface area contributed by atoms with Gasteiger partial charge in [0.2, 0.25) is 17.7 Å². The molecular weight excluding hydrogens is 539 g/mol. The summed E-state index contributed by atoms with van der Waals surface area (Å²) in [5, 5.41) is 14.5. The first-order valence-electron chi connectivity index (χ1n) is 13.6. The number of likely N-dealkylation sites (N-methyl/N-ethyl adjacent to an activating group) is 1. The van der Waals surface area contributed by atoms with Crippen molar-refractivity contribution in [3.05, 3.63) is 43.0 Å². The van der Waals surface area contributed by atoms with E-state index < -0.39 is 53.3 Å². The number of carbonyl (C=O) groups is 4. The molecule has 41 heavy (non-hydrogen) atoms. The third-order valence-corrected chi connectivity index (χ3v) is 7.61. The Kier molecular flexibility index (Phi) is 9.84. The number of hydrogen-bond donors (Lipinski definition) is 2. The molecule has 1 saturated carbocycles. The molecule has 4 amide bonds. The minimum Gasteiger partial charge on any atom is -0.336 e. The summed E-state index contributed by atoms with van der Waals surface area (Å²) >= 11 is 0. The molecule has 0 unspecified atom stereocenters. The van der Waals surface area contributed by atoms with E-state index in [0.717, 1.165) is 17.7 Å². The molecule has 1 aromatic carbocycles. The Bertz CT molecular complexity index is 1200. The first-order chi connectivity index (χ1) is 19.2. The number of rotatable bonds is 11. The minimum absolute atomic E-state index is 0.00280. The topological polar surface area (TPSA) is 123 Å². The lowest BCUT2D eigenvalue weighted by Crippen LogP contribution is -2.57. The van der Waals surface area contributed by atoms with Gasteiger partial charge in [0, 0.05) is 25.7 Å². The van der Waals surface area contributed by atoms with Gasteiger partial charge >= 0.3 is 12.1 Å². The van der Waals surface area contributed by atoms with Gasteiger partial charge < -0.3 is 20.4 Å². The quantitative estimate of drug-likeness (QED) is 0.390. The van der Waals surface area contributed by atoms with Crippen LogP contribution in [0.4, 0.5) is 18.9 Å². The molecule has 3 rings (SSSR count). The molecule has 1 aliphatic carbocycles. The van der Waals surface area contributed by atoms with E-state index in [0.29, 0.717) is 5.69 Å². The Labute approximate surface area is 237 Å². The molecule has 9 nitrogen and oxygen atoms in total. The Morgan fingerprint density at radius 3 is 2.37 bits per heavy atom. The Balaban J connectivity index is 1.86. The molecule has 2 fully saturated rings. The highest BCUT2D eigenvalue weighted by Crippen LogP contribution is 2.38. The van der Waals surface area contributed by atoms with E-state index in [1.165, 1.54) is 18.0 Å². The maximum absolute atomic E-state index is 14.0. The number of carbonyl (C=O) groups excluding carboxylic acids is 4. The third-order valence-electron chi connectivity index (χ3n) is 7.61. The van der Waals surface area contributed by atoms with E-state index in [2.05, 4.69) is 18.0 Å². The van der Waals surface area contributed by atoms with Gasteiger partial charge in [-0.1, -0.05) is 51.0 Å². The molecule has 0 spiro atoms. The monoisotopic (exact) mass is 575 g/mol. The SMILES string of the molecule is C=C[C@]1(C(=O)Nc2ccccc2)C[C@@H](C#N)N(C(=O)[C@H](CC(C)C)N(C)C(=O)[C@H](CC2CC2)NC(=O)C(F)(F)F)C1. The number of anilines is 1. The number of amides is 4. The average Bonchev–Trinajstić information content (AvgIpc) is 3.66. The van der Waals surface area contributed by atoms with Crippen LogP contribution < -0.4 is 10.6 Å². The predicted octanol–water partition coefficient (Wildman–Crippen LogP) is 3.64. The standard InChI is InChI=1S/C29H36F3N5O4/c1-5-28(26(40)34-20-9-7-6-8-10-20)15-21(16-33)37(17-28)25(39)23(13-18(2)3)36(4)24(38)22(14-19-11-12-19)35-27(41)29(30,31)32/h5-10,18-19,21-23H,1,11-15,17H2,2-4H3,(H,34,40)(H,35,41)/t21-,22-,23-,28-/m0/s1. The molecule has 12 heteroatoms. The van der Waals surface area contributed by atoms with Crippen molar-refractivity contribution in [2.75, 3.05) is 18.9 Å². The van der Waals surface area contributed by atoms with Crippen LogP contribution in [0.1, 0.15) is 46.0 Å². The summed E-state index contributed by atoms with van der Waals surface area (Å²) in [7, 11) is 1.31. The first-order valence-corrected chi connectivity index (χ1v) is 13.6. The fourth-order valence-corrected chi connectivity index (χ4v) is 5.07. The lowest BCUT2D eigenvalue weighted by atomic mass is 9.84. The second-order valence-corrected chi connectivity index (χ2v) is 11.3. The molecule has 1 heterocycles. The van der Waals surface area contributed by atoms with Gasteiger partial charge in [-0.25, -0.2) is 0 Å². The van der Waals surface area contributed by atoms with E-state index in [-0.39, 0.29) is 37.6 Å². The van der Waals surface area contributed by atoms with Crippen molar-refractivity contribution in [3.63, 3.8) is 0 Å². The van der Waals surface area contributed by atoms with E-state index in [1.54, 1.807) is 30.3 Å². The highest BCUT2D eigenvalue weighted by molar-refractivity contribution is 5.98. The summed E-state index contributed by atoms with van der Waals surface area (Å²) in [6.45, 7) is 7.26. The average molecular weight is 576 g/mol. The molecular formula is C29H36F3N5O4. The van der Waals surface area contributed by atoms with Gasteiger partial charge in [0.15, 0.2) is 0 Å². The van der Waals surface area contributed by atoms with Crippen LogP contribution in [-0.4, -0.2) is 71.3 Å². The van der Waals surface area contributed by atoms with Crippen LogP contribution in [0.5, 0.6) is 0 Å². The summed E-state index contributed by atoms with van der Waals surface area (Å²) in [5.74, 6) is -4.20. The Morgan fingerprint density at radius 2 is 1.85 bits per heavy atom. The van der Waals surface area contributed by atoms with E-state index >= 15 is 0 Å². The molecule has 0 bridgehead atoms. The summed E-state index contributed by atoms with van der Waals surface area (Å²) in [4.78, 5) is 54.8. The van der Waals surface area contributed by atoms with Gasteiger partial charge in [-0.3, -0.25) is 19.2 Å². The smallest absolute Gasteiger partial charge is 0.336 e. The van der Waals surface area contributed by atoms with E-state index in [4.69, 9.17) is 0 Å². The summed E-state index contributed by atoms with van der Waals surface area (Å²) in [6.07, 6.45) is -2.14. The van der Waals surface area contributed by atoms with Crippen LogP contribution in [-0.2, 0) is 19.2 Å². The largest absolute Gasteiger partial charge is 0.471 e. The number of nitriles is 1. The maximum atomic E-state index is 14.0. The fraction of sp³-hybridized carbons (Fsp3) is 0.552. The zero-order valence-electron chi connectivity index (χ0n) is 23.4. The molecule has 0 aromatic heterocycles. The van der Waals surface area contributed by atoms with Gasteiger partial charge in [0.25, 0.3) is 0 Å². The van der Waals surface area contributed by atoms with Crippen molar-refractivity contribution < 1.29 is 32.3 Å². The molecule has 0 radical (unpaired) electrons. The predicted molar refractivity (Wildman–Crippen MR) is 145 cm³/mol. The van der Waals surface area contributed by atoms with Crippen molar-refractivity contribution >= 4 is 29.3 Å². The molecule has 2 aliphatic rings. The highest BCUT2D eigenvalue weighted by Gasteiger charge is 2.51. The molecule has 1 aromatic rings. The zero-order valence-corrected chi connectivity index (χ0v) is 23.4. The van der Waals surface area contributed by atoms with Crippen LogP contribution in [0.3, 0.4) is 0 Å². The van der Waals surface area contributed by atoms with Crippen LogP contribution in [0, 0.1) is 28.6 Å². The number of hydrogen-bond acceptors (Lipinski definition) is 5. The van der Waals surface area contributed by atoms with Crippen molar-refractivity contribution in [1.29, 1.82) is 5.26 Å². The molecule has 2 N–H and O–H groups in total. The summed E-state index contributed by atoms with van der Waals surface area (Å²) in [5.41, 5.74) is -0.755. The fourth-order valence-electron chi connectivity index (χ4n) is 5.07. The number of likely N-dealkylation sites (tertiary alicyclic amines) is 1. The number of nitrogens with one attached hydrogen (secondary N) is 2. The lowest BCUT2D eigenvalue weighted by molar-refractivity contribution is -0.175.